The molecule has 0 bridgehead atoms. The molecule has 0 unspecified atom stereocenters. The quantitative estimate of drug-likeness (QED) is 0.862. The fourth-order valence-electron chi connectivity index (χ4n) is 1.18. The molecule has 17 heavy (non-hydrogen) atoms. The lowest BCUT2D eigenvalue weighted by Gasteiger charge is -2.25. The largest absolute Gasteiger partial charge is 0.359 e. The minimum absolute atomic E-state index is 0. The summed E-state index contributed by atoms with van der Waals surface area (Å²) in [5, 5.41) is 6.45. The van der Waals surface area contributed by atoms with Crippen molar-refractivity contribution in [2.75, 3.05) is 0 Å². The molecule has 0 saturated heterocycles. The van der Waals surface area contributed by atoms with Crippen LogP contribution in [0.2, 0.25) is 0 Å². The Morgan fingerprint density at radius 3 is 2.59 bits per heavy atom. The lowest BCUT2D eigenvalue weighted by molar-refractivity contribution is -0.124. The van der Waals surface area contributed by atoms with Crippen molar-refractivity contribution in [1.29, 1.82) is 0 Å². The fraction of sp³-hybridized carbons (Fsp3) is 0.636. The minimum Gasteiger partial charge on any atom is -0.359 e. The van der Waals surface area contributed by atoms with E-state index >= 15 is 0 Å². The maximum Gasteiger partial charge on any atom is 0.237 e. The summed E-state index contributed by atoms with van der Waals surface area (Å²) in [5.74, 6) is 0.452. The number of hydrogen-bond acceptors (Lipinski definition) is 4. The van der Waals surface area contributed by atoms with Crippen LogP contribution in [-0.4, -0.2) is 17.1 Å². The standard InChI is InChI=1S/C11H19N3O2.ClH/c1-7-5-8(16-14-7)6-13-10(15)9(12)11(2,3)4;/h5,9H,6,12H2,1-4H3,(H,13,15);1H/t9-;/m1./s1. The molecular weight excluding hydrogens is 242 g/mol. The lowest BCUT2D eigenvalue weighted by atomic mass is 9.87. The Hall–Kier alpha value is -1.07. The summed E-state index contributed by atoms with van der Waals surface area (Å²) >= 11 is 0. The summed E-state index contributed by atoms with van der Waals surface area (Å²) in [6.45, 7) is 7.93. The molecule has 0 aromatic carbocycles. The molecule has 0 saturated carbocycles. The van der Waals surface area contributed by atoms with Gasteiger partial charge in [-0.3, -0.25) is 4.79 Å². The van der Waals surface area contributed by atoms with E-state index in [1.165, 1.54) is 0 Å². The van der Waals surface area contributed by atoms with Crippen LogP contribution in [0, 0.1) is 12.3 Å². The molecule has 98 valence electrons. The Morgan fingerprint density at radius 1 is 1.59 bits per heavy atom. The van der Waals surface area contributed by atoms with Gasteiger partial charge in [0.25, 0.3) is 0 Å². The topological polar surface area (TPSA) is 81.2 Å². The highest BCUT2D eigenvalue weighted by Crippen LogP contribution is 2.17. The van der Waals surface area contributed by atoms with E-state index in [4.69, 9.17) is 10.3 Å². The van der Waals surface area contributed by atoms with Gasteiger partial charge in [-0.1, -0.05) is 25.9 Å². The van der Waals surface area contributed by atoms with Gasteiger partial charge < -0.3 is 15.6 Å². The normalized spacial score (nSPS) is 12.8. The van der Waals surface area contributed by atoms with Crippen LogP contribution >= 0.6 is 12.4 Å². The van der Waals surface area contributed by atoms with Crippen molar-refractivity contribution in [1.82, 2.24) is 10.5 Å². The predicted molar refractivity (Wildman–Crippen MR) is 67.8 cm³/mol. The second kappa shape index (κ2) is 6.02. The third-order valence-electron chi connectivity index (χ3n) is 2.33. The van der Waals surface area contributed by atoms with Crippen molar-refractivity contribution in [3.05, 3.63) is 17.5 Å². The van der Waals surface area contributed by atoms with Crippen LogP contribution in [0.1, 0.15) is 32.2 Å². The first-order valence-corrected chi connectivity index (χ1v) is 5.26. The number of nitrogens with one attached hydrogen (secondary N) is 1. The highest BCUT2D eigenvalue weighted by Gasteiger charge is 2.27. The maximum atomic E-state index is 11.7. The van der Waals surface area contributed by atoms with E-state index in [-0.39, 0.29) is 23.7 Å². The van der Waals surface area contributed by atoms with E-state index in [1.807, 2.05) is 27.7 Å². The van der Waals surface area contributed by atoms with Gasteiger partial charge in [0.05, 0.1) is 18.3 Å². The number of aromatic nitrogens is 1. The van der Waals surface area contributed by atoms with Crippen LogP contribution in [0.5, 0.6) is 0 Å². The van der Waals surface area contributed by atoms with Gasteiger partial charge in [0, 0.05) is 6.07 Å². The molecule has 0 aliphatic heterocycles. The second-order valence-corrected chi connectivity index (χ2v) is 5.00. The van der Waals surface area contributed by atoms with Crippen LogP contribution < -0.4 is 11.1 Å². The molecule has 0 spiro atoms. The molecule has 1 aromatic rings. The number of halogens is 1. The highest BCUT2D eigenvalue weighted by atomic mass is 35.5. The fourth-order valence-corrected chi connectivity index (χ4v) is 1.18. The molecule has 1 amide bonds. The zero-order chi connectivity index (χ0) is 12.3. The average molecular weight is 262 g/mol. The number of nitrogens with zero attached hydrogens (tertiary/aromatic N) is 1. The van der Waals surface area contributed by atoms with Crippen LogP contribution in [0.15, 0.2) is 10.6 Å². The maximum absolute atomic E-state index is 11.7. The molecule has 5 nitrogen and oxygen atoms in total. The zero-order valence-corrected chi connectivity index (χ0v) is 11.4. The van der Waals surface area contributed by atoms with Gasteiger partial charge >= 0.3 is 0 Å². The van der Waals surface area contributed by atoms with Gasteiger partial charge in [-0.2, -0.15) is 0 Å². The molecule has 1 atom stereocenters. The Balaban J connectivity index is 0.00000256. The van der Waals surface area contributed by atoms with Crippen molar-refractivity contribution in [2.45, 2.75) is 40.3 Å². The molecule has 1 aromatic heterocycles. The number of aryl methyl sites for hydroxylation is 1. The summed E-state index contributed by atoms with van der Waals surface area (Å²) in [5.41, 5.74) is 6.35. The number of hydrogen-bond donors (Lipinski definition) is 2. The van der Waals surface area contributed by atoms with Crippen molar-refractivity contribution < 1.29 is 9.32 Å². The molecule has 1 rings (SSSR count). The summed E-state index contributed by atoms with van der Waals surface area (Å²) in [6.07, 6.45) is 0. The first-order valence-electron chi connectivity index (χ1n) is 5.26. The molecule has 0 fully saturated rings. The SMILES string of the molecule is Cc1cc(CNC(=O)[C@@H](N)C(C)(C)C)on1.Cl. The van der Waals surface area contributed by atoms with E-state index < -0.39 is 6.04 Å². The van der Waals surface area contributed by atoms with Crippen molar-refractivity contribution in [3.63, 3.8) is 0 Å². The van der Waals surface area contributed by atoms with Gasteiger partial charge in [-0.05, 0) is 12.3 Å². The summed E-state index contributed by atoms with van der Waals surface area (Å²) < 4.78 is 4.97. The van der Waals surface area contributed by atoms with E-state index in [1.54, 1.807) is 6.07 Å². The third-order valence-corrected chi connectivity index (χ3v) is 2.33. The molecule has 1 heterocycles. The molecule has 0 radical (unpaired) electrons. The Labute approximate surface area is 108 Å². The number of nitrogens with two attached hydrogens (primary N) is 1. The van der Waals surface area contributed by atoms with Crippen LogP contribution in [0.3, 0.4) is 0 Å². The van der Waals surface area contributed by atoms with Crippen molar-refractivity contribution in [3.8, 4) is 0 Å². The molecule has 0 aliphatic rings. The number of carbonyl (C=O) groups excluding carboxylic acids is 1. The Morgan fingerprint density at radius 2 is 2.18 bits per heavy atom. The van der Waals surface area contributed by atoms with E-state index in [0.29, 0.717) is 12.3 Å². The monoisotopic (exact) mass is 261 g/mol. The van der Waals surface area contributed by atoms with Crippen LogP contribution in [0.4, 0.5) is 0 Å². The molecule has 3 N–H and O–H groups in total. The Bertz CT molecular complexity index is 371. The van der Waals surface area contributed by atoms with Gasteiger partial charge in [0.1, 0.15) is 0 Å². The lowest BCUT2D eigenvalue weighted by Crippen LogP contribution is -2.48. The first-order chi connectivity index (χ1) is 7.30. The summed E-state index contributed by atoms with van der Waals surface area (Å²) in [7, 11) is 0. The molecular formula is C11H20ClN3O2. The molecule has 0 aliphatic carbocycles. The smallest absolute Gasteiger partial charge is 0.237 e. The van der Waals surface area contributed by atoms with Crippen LogP contribution in [-0.2, 0) is 11.3 Å². The third kappa shape index (κ3) is 4.75. The van der Waals surface area contributed by atoms with E-state index in [2.05, 4.69) is 10.5 Å². The van der Waals surface area contributed by atoms with Gasteiger partial charge in [-0.25, -0.2) is 0 Å². The van der Waals surface area contributed by atoms with E-state index in [9.17, 15) is 4.79 Å². The van der Waals surface area contributed by atoms with Crippen molar-refractivity contribution >= 4 is 18.3 Å². The van der Waals surface area contributed by atoms with E-state index in [0.717, 1.165) is 5.69 Å². The highest BCUT2D eigenvalue weighted by molar-refractivity contribution is 5.85. The summed E-state index contributed by atoms with van der Waals surface area (Å²) in [4.78, 5) is 11.7. The van der Waals surface area contributed by atoms with Gasteiger partial charge in [-0.15, -0.1) is 12.4 Å². The first kappa shape index (κ1) is 15.9. The Kier molecular flexibility index (Phi) is 5.64. The van der Waals surface area contributed by atoms with Crippen LogP contribution in [0.25, 0.3) is 0 Å². The van der Waals surface area contributed by atoms with Crippen molar-refractivity contribution in [2.24, 2.45) is 11.1 Å². The number of amides is 1. The minimum atomic E-state index is -0.531. The number of rotatable bonds is 3. The molecule has 6 heteroatoms. The zero-order valence-electron chi connectivity index (χ0n) is 10.6. The average Bonchev–Trinajstić information content (AvgIpc) is 2.58. The predicted octanol–water partition coefficient (Wildman–Crippen LogP) is 1.39. The van der Waals surface area contributed by atoms with Gasteiger partial charge in [0.15, 0.2) is 5.76 Å². The summed E-state index contributed by atoms with van der Waals surface area (Å²) in [6, 6.07) is 1.25. The second-order valence-electron chi connectivity index (χ2n) is 5.00. The number of carbonyl (C=O) groups is 1. The van der Waals surface area contributed by atoms with Gasteiger partial charge in [0.2, 0.25) is 5.91 Å².